The molecule has 2 aromatic carbocycles. The number of para-hydroxylation sites is 1. The minimum absolute atomic E-state index is 0.0224. The molecular formula is C25H25ClN2O2. The first-order valence-corrected chi connectivity index (χ1v) is 11.0. The highest BCUT2D eigenvalue weighted by Crippen LogP contribution is 2.44. The molecule has 1 amide bonds. The molecule has 0 radical (unpaired) electrons. The summed E-state index contributed by atoms with van der Waals surface area (Å²) >= 11 is 6.06. The fourth-order valence-electron chi connectivity index (χ4n) is 4.83. The van der Waals surface area contributed by atoms with E-state index in [-0.39, 0.29) is 17.9 Å². The number of benzene rings is 2. The smallest absolute Gasteiger partial charge is 0.230 e. The van der Waals surface area contributed by atoms with E-state index in [1.807, 2.05) is 48.7 Å². The molecule has 1 N–H and O–H groups in total. The fourth-order valence-corrected chi connectivity index (χ4v) is 4.95. The molecule has 1 aromatic heterocycles. The number of ether oxygens (including phenoxy) is 1. The zero-order chi connectivity index (χ0) is 20.6. The first-order chi connectivity index (χ1) is 14.7. The molecule has 0 bridgehead atoms. The Morgan fingerprint density at radius 2 is 1.90 bits per heavy atom. The van der Waals surface area contributed by atoms with Gasteiger partial charge in [0.2, 0.25) is 5.91 Å². The molecule has 30 heavy (non-hydrogen) atoms. The molecule has 3 aromatic rings. The molecule has 4 nitrogen and oxygen atoms in total. The minimum Gasteiger partial charge on any atom is -0.379 e. The lowest BCUT2D eigenvalue weighted by atomic mass is 9.63. The van der Waals surface area contributed by atoms with Crippen LogP contribution < -0.4 is 5.32 Å². The Balaban J connectivity index is 1.34. The van der Waals surface area contributed by atoms with E-state index in [1.54, 1.807) is 0 Å². The lowest BCUT2D eigenvalue weighted by Crippen LogP contribution is -2.53. The van der Waals surface area contributed by atoms with Gasteiger partial charge < -0.3 is 10.1 Å². The summed E-state index contributed by atoms with van der Waals surface area (Å²) in [5.41, 5.74) is 2.89. The number of halogens is 1. The molecule has 2 atom stereocenters. The molecule has 1 aliphatic carbocycles. The Labute approximate surface area is 181 Å². The van der Waals surface area contributed by atoms with Crippen LogP contribution in [0, 0.1) is 5.92 Å². The summed E-state index contributed by atoms with van der Waals surface area (Å²) in [5.74, 6) is 0.373. The number of fused-ring (bicyclic) bond motifs is 1. The SMILES string of the molecule is O=C(NC1COCC1Cc1ccnc2ccccc12)C1(c2ccc(Cl)cc2)CCC1. The molecule has 5 heteroatoms. The first-order valence-electron chi connectivity index (χ1n) is 10.6. The number of rotatable bonds is 5. The van der Waals surface area contributed by atoms with Gasteiger partial charge in [-0.15, -0.1) is 0 Å². The minimum atomic E-state index is -0.429. The second kappa shape index (κ2) is 8.01. The van der Waals surface area contributed by atoms with Crippen LogP contribution in [0.2, 0.25) is 5.02 Å². The third kappa shape index (κ3) is 3.48. The molecule has 2 heterocycles. The van der Waals surface area contributed by atoms with E-state index in [9.17, 15) is 4.79 Å². The van der Waals surface area contributed by atoms with Crippen LogP contribution >= 0.6 is 11.6 Å². The van der Waals surface area contributed by atoms with Crippen molar-refractivity contribution in [1.29, 1.82) is 0 Å². The van der Waals surface area contributed by atoms with Gasteiger partial charge in [0.05, 0.1) is 30.2 Å². The van der Waals surface area contributed by atoms with Crippen LogP contribution in [0.15, 0.2) is 60.8 Å². The number of nitrogens with one attached hydrogen (secondary N) is 1. The van der Waals surface area contributed by atoms with E-state index in [0.29, 0.717) is 18.2 Å². The van der Waals surface area contributed by atoms with E-state index in [4.69, 9.17) is 16.3 Å². The average molecular weight is 421 g/mol. The maximum atomic E-state index is 13.4. The van der Waals surface area contributed by atoms with Gasteiger partial charge in [0.25, 0.3) is 0 Å². The van der Waals surface area contributed by atoms with E-state index in [1.165, 1.54) is 10.9 Å². The topological polar surface area (TPSA) is 51.2 Å². The summed E-state index contributed by atoms with van der Waals surface area (Å²) in [6, 6.07) is 18.1. The maximum absolute atomic E-state index is 13.4. The molecule has 154 valence electrons. The number of hydrogen-bond acceptors (Lipinski definition) is 3. The standard InChI is InChI=1S/C25H25ClN2O2/c26-20-8-6-19(7-9-20)25(11-3-12-25)24(29)28-23-16-30-15-18(23)14-17-10-13-27-22-5-2-1-4-21(17)22/h1-2,4-10,13,18,23H,3,11-12,14-16H2,(H,28,29). The number of nitrogens with zero attached hydrogens (tertiary/aromatic N) is 1. The molecule has 2 aliphatic rings. The van der Waals surface area contributed by atoms with Crippen molar-refractivity contribution in [3.63, 3.8) is 0 Å². The quantitative estimate of drug-likeness (QED) is 0.651. The maximum Gasteiger partial charge on any atom is 0.230 e. The van der Waals surface area contributed by atoms with Gasteiger partial charge in [-0.1, -0.05) is 48.4 Å². The van der Waals surface area contributed by atoms with Crippen molar-refractivity contribution in [2.75, 3.05) is 13.2 Å². The third-order valence-electron chi connectivity index (χ3n) is 6.77. The van der Waals surface area contributed by atoms with Crippen LogP contribution in [0.5, 0.6) is 0 Å². The largest absolute Gasteiger partial charge is 0.379 e. The Morgan fingerprint density at radius 1 is 1.10 bits per heavy atom. The van der Waals surface area contributed by atoms with Crippen LogP contribution in [0.1, 0.15) is 30.4 Å². The van der Waals surface area contributed by atoms with Crippen LogP contribution in [0.4, 0.5) is 0 Å². The van der Waals surface area contributed by atoms with Crippen molar-refractivity contribution in [1.82, 2.24) is 10.3 Å². The van der Waals surface area contributed by atoms with Gasteiger partial charge in [0.1, 0.15) is 0 Å². The summed E-state index contributed by atoms with van der Waals surface area (Å²) < 4.78 is 5.79. The fraction of sp³-hybridized carbons (Fsp3) is 0.360. The first kappa shape index (κ1) is 19.5. The molecule has 5 rings (SSSR count). The molecule has 1 saturated heterocycles. The van der Waals surface area contributed by atoms with E-state index >= 15 is 0 Å². The molecule has 1 saturated carbocycles. The second-order valence-electron chi connectivity index (χ2n) is 8.51. The highest BCUT2D eigenvalue weighted by atomic mass is 35.5. The van der Waals surface area contributed by atoms with Gasteiger partial charge in [-0.2, -0.15) is 0 Å². The lowest BCUT2D eigenvalue weighted by molar-refractivity contribution is -0.131. The molecule has 1 aliphatic heterocycles. The van der Waals surface area contributed by atoms with E-state index < -0.39 is 5.41 Å². The average Bonchev–Trinajstić information content (AvgIpc) is 3.15. The Bertz CT molecular complexity index is 1060. The van der Waals surface area contributed by atoms with Crippen molar-refractivity contribution in [2.45, 2.75) is 37.1 Å². The monoisotopic (exact) mass is 420 g/mol. The highest BCUT2D eigenvalue weighted by molar-refractivity contribution is 6.30. The van der Waals surface area contributed by atoms with Gasteiger partial charge in [-0.05, 0) is 54.7 Å². The number of carbonyl (C=O) groups is 1. The van der Waals surface area contributed by atoms with Gasteiger partial charge in [-0.3, -0.25) is 9.78 Å². The lowest BCUT2D eigenvalue weighted by Gasteiger charge is -2.41. The summed E-state index contributed by atoms with van der Waals surface area (Å²) in [6.45, 7) is 1.23. The van der Waals surface area contributed by atoms with Crippen molar-refractivity contribution >= 4 is 28.4 Å². The molecule has 0 spiro atoms. The summed E-state index contributed by atoms with van der Waals surface area (Å²) in [5, 5.41) is 5.21. The van der Waals surface area contributed by atoms with Gasteiger partial charge in [0, 0.05) is 22.5 Å². The highest BCUT2D eigenvalue weighted by Gasteiger charge is 2.47. The van der Waals surface area contributed by atoms with Gasteiger partial charge in [-0.25, -0.2) is 0 Å². The second-order valence-corrected chi connectivity index (χ2v) is 8.95. The third-order valence-corrected chi connectivity index (χ3v) is 7.03. The predicted octanol–water partition coefficient (Wildman–Crippen LogP) is 4.68. The number of hydrogen-bond donors (Lipinski definition) is 1. The predicted molar refractivity (Wildman–Crippen MR) is 119 cm³/mol. The van der Waals surface area contributed by atoms with Crippen LogP contribution in [0.25, 0.3) is 10.9 Å². The van der Waals surface area contributed by atoms with Gasteiger partial charge in [0.15, 0.2) is 0 Å². The summed E-state index contributed by atoms with van der Waals surface area (Å²) in [7, 11) is 0. The van der Waals surface area contributed by atoms with Gasteiger partial charge >= 0.3 is 0 Å². The van der Waals surface area contributed by atoms with E-state index in [0.717, 1.165) is 36.8 Å². The molecule has 2 unspecified atom stereocenters. The van der Waals surface area contributed by atoms with Crippen molar-refractivity contribution in [2.24, 2.45) is 5.92 Å². The Kier molecular flexibility index (Phi) is 5.21. The summed E-state index contributed by atoms with van der Waals surface area (Å²) in [4.78, 5) is 17.9. The number of aromatic nitrogens is 1. The van der Waals surface area contributed by atoms with Crippen molar-refractivity contribution in [3.05, 3.63) is 76.9 Å². The van der Waals surface area contributed by atoms with Crippen molar-refractivity contribution in [3.8, 4) is 0 Å². The normalized spacial score (nSPS) is 22.6. The molecular weight excluding hydrogens is 396 g/mol. The zero-order valence-electron chi connectivity index (χ0n) is 16.8. The number of amides is 1. The zero-order valence-corrected chi connectivity index (χ0v) is 17.6. The van der Waals surface area contributed by atoms with Crippen LogP contribution in [0.3, 0.4) is 0 Å². The van der Waals surface area contributed by atoms with E-state index in [2.05, 4.69) is 22.4 Å². The summed E-state index contributed by atoms with van der Waals surface area (Å²) in [6.07, 6.45) is 5.57. The van der Waals surface area contributed by atoms with Crippen molar-refractivity contribution < 1.29 is 9.53 Å². The number of pyridine rings is 1. The van der Waals surface area contributed by atoms with Crippen LogP contribution in [-0.4, -0.2) is 30.1 Å². The van der Waals surface area contributed by atoms with Crippen LogP contribution in [-0.2, 0) is 21.4 Å². The number of carbonyl (C=O) groups excluding carboxylic acids is 1. The molecule has 2 fully saturated rings. The Hall–Kier alpha value is -2.43. The Morgan fingerprint density at radius 3 is 2.67 bits per heavy atom.